The van der Waals surface area contributed by atoms with Crippen molar-refractivity contribution in [3.63, 3.8) is 0 Å². The van der Waals surface area contributed by atoms with Gasteiger partial charge in [-0.05, 0) is 116 Å². The number of nitrogens with one attached hydrogen (secondary N) is 3. The summed E-state index contributed by atoms with van der Waals surface area (Å²) >= 11 is 0. The third kappa shape index (κ3) is 12.4. The number of rotatable bonds is 10. The van der Waals surface area contributed by atoms with E-state index in [0.29, 0.717) is 95.7 Å². The number of halogens is 9. The van der Waals surface area contributed by atoms with Crippen LogP contribution in [0.4, 0.5) is 57.0 Å². The van der Waals surface area contributed by atoms with E-state index in [2.05, 4.69) is 99.2 Å². The van der Waals surface area contributed by atoms with E-state index in [1.807, 2.05) is 23.6 Å². The molecule has 0 bridgehead atoms. The molecule has 0 aromatic carbocycles. The third-order valence-corrected chi connectivity index (χ3v) is 17.0. The number of anilines is 3. The van der Waals surface area contributed by atoms with Crippen LogP contribution in [0.2, 0.25) is 0 Å². The smallest absolute Gasteiger partial charge is 0.356 e. The molecule has 2 atom stereocenters. The Bertz CT molecular complexity index is 3970. The molecule has 18 nitrogen and oxygen atoms in total. The number of nitrogens with two attached hydrogens (primary N) is 2. The van der Waals surface area contributed by atoms with Crippen LogP contribution in [0.25, 0.3) is 67.3 Å². The molecule has 9 aromatic rings. The van der Waals surface area contributed by atoms with Crippen molar-refractivity contribution in [2.24, 2.45) is 33.6 Å². The van der Waals surface area contributed by atoms with E-state index >= 15 is 0 Å². The number of aromatic amines is 3. The van der Waals surface area contributed by atoms with E-state index in [9.17, 15) is 44.8 Å². The van der Waals surface area contributed by atoms with Crippen molar-refractivity contribution in [3.8, 4) is 40.2 Å². The number of nitriles is 1. The Morgan fingerprint density at radius 1 is 0.563 bits per heavy atom. The highest BCUT2D eigenvalue weighted by molar-refractivity contribution is 5.92. The third-order valence-electron chi connectivity index (χ3n) is 17.0. The SMILES string of the molecule is CC(C)CC1(C#N)CN(c2ccc(C(F)(F)F)c(-c3[nH]nc4ncccc34)n2)C1.CC1(C)CN(c2ccc(C(F)(F)F)c(-c3[nH]nc4ncccc34)n2)CCC1N.CCC1(CC)CN(c2ccc(C(F)(F)F)c(-c3[nH]nc4ncccc34)n2)CCC1N.[HH].[HH].[HH].[HH].[HH]. The fraction of sp³-hybridized carbons (Fsp3) is 0.433. The molecule has 87 heavy (non-hydrogen) atoms. The van der Waals surface area contributed by atoms with Crippen molar-refractivity contribution in [2.75, 3.05) is 54.0 Å². The van der Waals surface area contributed by atoms with Gasteiger partial charge in [0.05, 0.1) is 45.3 Å². The maximum absolute atomic E-state index is 13.8. The molecule has 0 aliphatic carbocycles. The van der Waals surface area contributed by atoms with Gasteiger partial charge >= 0.3 is 18.5 Å². The Balaban J connectivity index is 0.000000244. The van der Waals surface area contributed by atoms with Crippen LogP contribution in [0.3, 0.4) is 0 Å². The van der Waals surface area contributed by atoms with Crippen LogP contribution >= 0.6 is 0 Å². The lowest BCUT2D eigenvalue weighted by Crippen LogP contribution is -2.56. The Labute approximate surface area is 501 Å². The number of alkyl halides is 9. The summed E-state index contributed by atoms with van der Waals surface area (Å²) in [4.78, 5) is 31.4. The summed E-state index contributed by atoms with van der Waals surface area (Å²) in [5.74, 6) is 1.78. The summed E-state index contributed by atoms with van der Waals surface area (Å²) in [7, 11) is 0. The summed E-state index contributed by atoms with van der Waals surface area (Å²) < 4.78 is 123. The molecular weight excluding hydrogens is 1140 g/mol. The molecule has 12 heterocycles. The molecular formula is C60H75F9N18. The van der Waals surface area contributed by atoms with Gasteiger partial charge in [-0.15, -0.1) is 0 Å². The number of pyridine rings is 6. The molecule has 7 N–H and O–H groups in total. The van der Waals surface area contributed by atoms with Crippen molar-refractivity contribution in [3.05, 3.63) is 108 Å². The number of hydrogen-bond acceptors (Lipinski definition) is 15. The van der Waals surface area contributed by atoms with E-state index in [0.717, 1.165) is 50.3 Å². The molecule has 0 saturated carbocycles. The van der Waals surface area contributed by atoms with Gasteiger partial charge in [-0.1, -0.05) is 41.5 Å². The van der Waals surface area contributed by atoms with Crippen molar-refractivity contribution in [1.82, 2.24) is 60.5 Å². The summed E-state index contributed by atoms with van der Waals surface area (Å²) in [6.07, 6.45) is -4.94. The first-order valence-corrected chi connectivity index (χ1v) is 28.5. The van der Waals surface area contributed by atoms with E-state index < -0.39 is 40.6 Å². The summed E-state index contributed by atoms with van der Waals surface area (Å²) in [5.41, 5.74) is 10.5. The molecule has 12 rings (SSSR count). The van der Waals surface area contributed by atoms with Crippen molar-refractivity contribution >= 4 is 50.6 Å². The van der Waals surface area contributed by atoms with Gasteiger partial charge < -0.3 is 26.2 Å². The number of fused-ring (bicyclic) bond motifs is 3. The maximum Gasteiger partial charge on any atom is 0.418 e. The molecule has 3 aliphatic heterocycles. The minimum atomic E-state index is -4.57. The number of hydrogen-bond donors (Lipinski definition) is 5. The van der Waals surface area contributed by atoms with E-state index in [-0.39, 0.29) is 64.2 Å². The first-order valence-electron chi connectivity index (χ1n) is 28.5. The summed E-state index contributed by atoms with van der Waals surface area (Å²) in [5, 5.41) is 31.1. The van der Waals surface area contributed by atoms with Crippen LogP contribution in [-0.2, 0) is 18.5 Å². The first-order chi connectivity index (χ1) is 41.2. The predicted molar refractivity (Wildman–Crippen MR) is 323 cm³/mol. The van der Waals surface area contributed by atoms with Gasteiger partial charge in [-0.25, -0.2) is 29.9 Å². The average Bonchev–Trinajstić information content (AvgIpc) is 1.22. The van der Waals surface area contributed by atoms with Gasteiger partial charge in [0.2, 0.25) is 0 Å². The lowest BCUT2D eigenvalue weighted by molar-refractivity contribution is -0.138. The van der Waals surface area contributed by atoms with Gasteiger partial charge in [0.15, 0.2) is 16.9 Å². The Morgan fingerprint density at radius 3 is 1.28 bits per heavy atom. The highest BCUT2D eigenvalue weighted by Gasteiger charge is 2.46. The molecule has 3 fully saturated rings. The number of nitrogens with zero attached hydrogens (tertiary/aromatic N) is 13. The first kappa shape index (κ1) is 61.6. The minimum Gasteiger partial charge on any atom is -0.356 e. The minimum absolute atomic E-state index is 0. The van der Waals surface area contributed by atoms with Gasteiger partial charge in [-0.3, -0.25) is 15.3 Å². The fourth-order valence-electron chi connectivity index (χ4n) is 12.0. The molecule has 3 aliphatic rings. The fourth-order valence-corrected chi connectivity index (χ4v) is 12.0. The average molecular weight is 1220 g/mol. The lowest BCUT2D eigenvalue weighted by Gasteiger charge is -2.47. The summed E-state index contributed by atoms with van der Waals surface area (Å²) in [6, 6.07) is 19.9. The monoisotopic (exact) mass is 1220 g/mol. The zero-order valence-corrected chi connectivity index (χ0v) is 48.5. The Hall–Kier alpha value is -8.51. The largest absolute Gasteiger partial charge is 0.418 e. The van der Waals surface area contributed by atoms with Crippen LogP contribution in [0, 0.1) is 33.5 Å². The quantitative estimate of drug-likeness (QED) is 0.0799. The number of H-pyrrole nitrogens is 3. The van der Waals surface area contributed by atoms with Crippen LogP contribution in [0.5, 0.6) is 0 Å². The molecule has 468 valence electrons. The van der Waals surface area contributed by atoms with Gasteiger partial charge in [0.1, 0.15) is 34.5 Å². The molecule has 0 amide bonds. The predicted octanol–water partition coefficient (Wildman–Crippen LogP) is 13.6. The lowest BCUT2D eigenvalue weighted by atomic mass is 9.72. The van der Waals surface area contributed by atoms with Crippen LogP contribution in [0.1, 0.15) is 97.5 Å². The van der Waals surface area contributed by atoms with Crippen molar-refractivity contribution in [1.29, 1.82) is 5.26 Å². The van der Waals surface area contributed by atoms with Crippen LogP contribution < -0.4 is 26.2 Å². The normalized spacial score (nSPS) is 18.5. The second kappa shape index (κ2) is 23.6. The molecule has 9 aromatic heterocycles. The van der Waals surface area contributed by atoms with Crippen LogP contribution in [-0.4, -0.2) is 112 Å². The van der Waals surface area contributed by atoms with Gasteiger partial charge in [0.25, 0.3) is 0 Å². The van der Waals surface area contributed by atoms with E-state index in [1.165, 1.54) is 24.4 Å². The Kier molecular flexibility index (Phi) is 16.7. The molecule has 3 saturated heterocycles. The zero-order valence-electron chi connectivity index (χ0n) is 48.5. The Morgan fingerprint density at radius 2 is 0.931 bits per heavy atom. The molecule has 0 radical (unpaired) electrons. The molecule has 27 heteroatoms. The van der Waals surface area contributed by atoms with Crippen molar-refractivity contribution < 1.29 is 46.6 Å². The second-order valence-electron chi connectivity index (χ2n) is 23.6. The van der Waals surface area contributed by atoms with Crippen LogP contribution in [0.15, 0.2) is 91.4 Å². The van der Waals surface area contributed by atoms with E-state index in [4.69, 9.17) is 11.5 Å². The molecule has 2 unspecified atom stereocenters. The van der Waals surface area contributed by atoms with Crippen molar-refractivity contribution in [2.45, 2.75) is 104 Å². The number of piperidine rings is 2. The zero-order chi connectivity index (χ0) is 62.4. The standard InChI is InChI=1S/C21H25F3N6.C20H19F3N6.C19H21F3N6.5H2/c1-3-20(4-2)12-30(11-9-15(20)25)16-8-7-14(21(22,23)24)18(27-16)17-13-6-5-10-26-19(13)29-28-17;1-12(2)8-19(9-24)10-29(11-19)15-6-5-14(20(21,22)23)17(26-15)16-13-4-3-7-25-18(13)28-27-16;1-18(2)10-28(9-7-13(18)23)14-6-5-12(19(20,21)22)16(25-14)15-11-4-3-8-24-17(11)27-26-15;;;;;/h5-8,10,15H,3-4,9,11-12,25H2,1-2H3,(H,26,28,29);3-7,12H,8,10-11H2,1-2H3,(H,25,27,28);3-6,8,13H,7,9-10,23H2,1-2H3,(H,24,26,27);5*1H. The summed E-state index contributed by atoms with van der Waals surface area (Å²) in [6.45, 7) is 15.9. The topological polar surface area (TPSA) is 249 Å². The maximum atomic E-state index is 13.8. The van der Waals surface area contributed by atoms with Gasteiger partial charge in [0, 0.05) is 98.6 Å². The van der Waals surface area contributed by atoms with Gasteiger partial charge in [-0.2, -0.15) is 60.1 Å². The van der Waals surface area contributed by atoms with E-state index in [1.54, 1.807) is 48.8 Å². The highest BCUT2D eigenvalue weighted by atomic mass is 19.4. The highest BCUT2D eigenvalue weighted by Crippen LogP contribution is 2.45. The second-order valence-corrected chi connectivity index (χ2v) is 23.6. The molecule has 0 spiro atoms. The number of aromatic nitrogens is 12.